The lowest BCUT2D eigenvalue weighted by atomic mass is 9.86. The second-order valence-electron chi connectivity index (χ2n) is 14.0. The lowest BCUT2D eigenvalue weighted by Gasteiger charge is -2.48. The van der Waals surface area contributed by atoms with Crippen LogP contribution in [0.5, 0.6) is 5.75 Å². The van der Waals surface area contributed by atoms with E-state index in [0.29, 0.717) is 27.0 Å². The highest BCUT2D eigenvalue weighted by molar-refractivity contribution is 6.30. The zero-order valence-corrected chi connectivity index (χ0v) is 29.1. The second-order valence-corrected chi connectivity index (χ2v) is 14.9. The zero-order valence-electron chi connectivity index (χ0n) is 27.6. The van der Waals surface area contributed by atoms with E-state index in [1.54, 1.807) is 0 Å². The number of carbonyl (C=O) groups is 1. The molecule has 244 valence electrons. The molecule has 2 fully saturated rings. The number of amidine groups is 1. The van der Waals surface area contributed by atoms with Gasteiger partial charge in [0.2, 0.25) is 0 Å². The molecule has 6 nitrogen and oxygen atoms in total. The van der Waals surface area contributed by atoms with Gasteiger partial charge in [0.15, 0.2) is 0 Å². The molecule has 2 saturated heterocycles. The van der Waals surface area contributed by atoms with Crippen LogP contribution in [0.25, 0.3) is 0 Å². The maximum absolute atomic E-state index is 15.7. The van der Waals surface area contributed by atoms with Gasteiger partial charge in [-0.25, -0.2) is 14.2 Å². The molecule has 2 atom stereocenters. The molecule has 3 aliphatic rings. The highest BCUT2D eigenvalue weighted by atomic mass is 35.5. The topological polar surface area (TPSA) is 53.9 Å². The number of piperidine rings is 2. The van der Waals surface area contributed by atoms with E-state index in [1.165, 1.54) is 5.56 Å². The predicted molar refractivity (Wildman–Crippen MR) is 188 cm³/mol. The SMILES string of the molecule is CCOc1cc(C(C)(C)C)ccc1C1=N[C@@H](c2ccc(Cl)cc2)[C@@H](c2ccc(Cl)cc2)N1C(=O)[N+]1(C2CCNCC2)CCCCC1. The van der Waals surface area contributed by atoms with Crippen LogP contribution in [0, 0.1) is 0 Å². The summed E-state index contributed by atoms with van der Waals surface area (Å²) in [5, 5.41) is 4.86. The van der Waals surface area contributed by atoms with Crippen molar-refractivity contribution in [2.45, 2.75) is 83.3 Å². The van der Waals surface area contributed by atoms with Gasteiger partial charge in [-0.3, -0.25) is 4.99 Å². The minimum absolute atomic E-state index is 0.0624. The Morgan fingerprint density at radius 2 is 1.52 bits per heavy atom. The van der Waals surface area contributed by atoms with E-state index in [1.807, 2.05) is 60.4 Å². The smallest absolute Gasteiger partial charge is 0.425 e. The molecule has 3 aromatic carbocycles. The summed E-state index contributed by atoms with van der Waals surface area (Å²) in [7, 11) is 0. The maximum Gasteiger partial charge on any atom is 0.425 e. The molecule has 0 bridgehead atoms. The lowest BCUT2D eigenvalue weighted by molar-refractivity contribution is -0.884. The standard InChI is InChI=1S/C38H47Cl2N4O2/c1-5-46-33-25-28(38(2,3)4)13-18-32(33)36-42-34(26-9-14-29(39)15-10-26)35(27-11-16-30(40)17-12-27)43(36)37(45)44(23-7-6-8-24-44)31-19-21-41-22-20-31/h9-18,25,31,34-35,41H,5-8,19-24H2,1-4H3/q+1/t34-,35+/m0/s1. The quantitative estimate of drug-likeness (QED) is 0.268. The van der Waals surface area contributed by atoms with Crippen LogP contribution in [0.4, 0.5) is 4.79 Å². The number of ether oxygens (including phenoxy) is 1. The van der Waals surface area contributed by atoms with Crippen LogP contribution in [0.15, 0.2) is 71.7 Å². The number of hydrogen-bond donors (Lipinski definition) is 1. The fourth-order valence-electron chi connectivity index (χ4n) is 7.61. The molecule has 0 unspecified atom stereocenters. The van der Waals surface area contributed by atoms with Crippen molar-refractivity contribution < 1.29 is 14.0 Å². The highest BCUT2D eigenvalue weighted by Crippen LogP contribution is 2.47. The lowest BCUT2D eigenvalue weighted by Crippen LogP contribution is -2.67. The average molecular weight is 663 g/mol. The summed E-state index contributed by atoms with van der Waals surface area (Å²) in [6, 6.07) is 21.9. The van der Waals surface area contributed by atoms with E-state index in [-0.39, 0.29) is 29.6 Å². The van der Waals surface area contributed by atoms with Gasteiger partial charge in [0.05, 0.1) is 37.3 Å². The van der Waals surface area contributed by atoms with Crippen molar-refractivity contribution >= 4 is 35.1 Å². The normalized spacial score (nSPS) is 22.0. The van der Waals surface area contributed by atoms with Gasteiger partial charge in [-0.15, -0.1) is 0 Å². The summed E-state index contributed by atoms with van der Waals surface area (Å²) in [5.41, 5.74) is 3.97. The molecular formula is C38H47Cl2N4O2+. The molecule has 2 amide bonds. The molecule has 0 radical (unpaired) electrons. The Hall–Kier alpha value is -2.90. The van der Waals surface area contributed by atoms with Crippen molar-refractivity contribution in [2.75, 3.05) is 32.8 Å². The van der Waals surface area contributed by atoms with Crippen LogP contribution in [0.1, 0.15) is 94.1 Å². The summed E-state index contributed by atoms with van der Waals surface area (Å²) in [4.78, 5) is 23.2. The summed E-state index contributed by atoms with van der Waals surface area (Å²) < 4.78 is 6.82. The average Bonchev–Trinajstić information content (AvgIpc) is 3.45. The van der Waals surface area contributed by atoms with E-state index in [0.717, 1.165) is 80.7 Å². The molecule has 3 aromatic rings. The van der Waals surface area contributed by atoms with Crippen LogP contribution < -0.4 is 10.1 Å². The number of nitrogens with one attached hydrogen (secondary N) is 1. The van der Waals surface area contributed by atoms with E-state index >= 15 is 4.79 Å². The van der Waals surface area contributed by atoms with Crippen LogP contribution in [0.3, 0.4) is 0 Å². The molecule has 3 heterocycles. The van der Waals surface area contributed by atoms with Gasteiger partial charge < -0.3 is 10.1 Å². The Balaban J connectivity index is 1.57. The van der Waals surface area contributed by atoms with Gasteiger partial charge in [-0.1, -0.05) is 74.3 Å². The molecule has 0 aliphatic carbocycles. The first kappa shape index (κ1) is 33.0. The van der Waals surface area contributed by atoms with Crippen molar-refractivity contribution in [1.29, 1.82) is 0 Å². The summed E-state index contributed by atoms with van der Waals surface area (Å²) in [6.45, 7) is 12.7. The van der Waals surface area contributed by atoms with Gasteiger partial charge >= 0.3 is 6.03 Å². The molecule has 46 heavy (non-hydrogen) atoms. The van der Waals surface area contributed by atoms with E-state index in [2.05, 4.69) is 44.3 Å². The first-order valence-corrected chi connectivity index (χ1v) is 17.7. The molecule has 3 aliphatic heterocycles. The number of rotatable bonds is 6. The number of benzene rings is 3. The van der Waals surface area contributed by atoms with E-state index < -0.39 is 0 Å². The number of halogens is 2. The fourth-order valence-corrected chi connectivity index (χ4v) is 7.86. The molecule has 6 rings (SSSR count). The molecular weight excluding hydrogens is 615 g/mol. The van der Waals surface area contributed by atoms with Gasteiger partial charge in [0, 0.05) is 36.0 Å². The van der Waals surface area contributed by atoms with Crippen molar-refractivity contribution in [1.82, 2.24) is 10.2 Å². The number of quaternary nitrogens is 1. The van der Waals surface area contributed by atoms with Crippen molar-refractivity contribution in [3.8, 4) is 5.75 Å². The Morgan fingerprint density at radius 3 is 2.11 bits per heavy atom. The van der Waals surface area contributed by atoms with Gasteiger partial charge in [-0.2, -0.15) is 0 Å². The van der Waals surface area contributed by atoms with Crippen LogP contribution in [-0.2, 0) is 5.41 Å². The number of likely N-dealkylation sites (tertiary alicyclic amines) is 1. The van der Waals surface area contributed by atoms with Crippen LogP contribution >= 0.6 is 23.2 Å². The minimum Gasteiger partial charge on any atom is -0.493 e. The molecule has 0 spiro atoms. The van der Waals surface area contributed by atoms with Gasteiger partial charge in [0.1, 0.15) is 17.6 Å². The maximum atomic E-state index is 15.7. The highest BCUT2D eigenvalue weighted by Gasteiger charge is 2.54. The number of hydrogen-bond acceptors (Lipinski definition) is 4. The Morgan fingerprint density at radius 1 is 0.913 bits per heavy atom. The Bertz CT molecular complexity index is 1550. The second kappa shape index (κ2) is 13.7. The summed E-state index contributed by atoms with van der Waals surface area (Å²) in [5.74, 6) is 1.43. The molecule has 0 aromatic heterocycles. The summed E-state index contributed by atoms with van der Waals surface area (Å²) >= 11 is 12.8. The van der Waals surface area contributed by atoms with Crippen molar-refractivity contribution in [2.24, 2.45) is 4.99 Å². The third kappa shape index (κ3) is 6.47. The molecule has 0 saturated carbocycles. The summed E-state index contributed by atoms with van der Waals surface area (Å²) in [6.07, 6.45) is 5.24. The van der Waals surface area contributed by atoms with Crippen molar-refractivity contribution in [3.05, 3.63) is 99.0 Å². The van der Waals surface area contributed by atoms with Crippen LogP contribution in [0.2, 0.25) is 10.0 Å². The van der Waals surface area contributed by atoms with Crippen molar-refractivity contribution in [3.63, 3.8) is 0 Å². The number of aliphatic imine (C=N–C) groups is 1. The zero-order chi connectivity index (χ0) is 32.5. The van der Waals surface area contributed by atoms with Gasteiger partial charge in [0.25, 0.3) is 0 Å². The molecule has 1 N–H and O–H groups in total. The fraction of sp³-hybridized carbons (Fsp3) is 0.474. The van der Waals surface area contributed by atoms with E-state index in [4.69, 9.17) is 32.9 Å². The predicted octanol–water partition coefficient (Wildman–Crippen LogP) is 9.11. The monoisotopic (exact) mass is 661 g/mol. The largest absolute Gasteiger partial charge is 0.493 e. The Kier molecular flexibility index (Phi) is 9.82. The van der Waals surface area contributed by atoms with Gasteiger partial charge in [-0.05, 0) is 84.7 Å². The number of urea groups is 1. The first-order valence-electron chi connectivity index (χ1n) is 16.9. The Labute approximate surface area is 284 Å². The van der Waals surface area contributed by atoms with E-state index in [9.17, 15) is 0 Å². The first-order chi connectivity index (χ1) is 22.1. The third-order valence-corrected chi connectivity index (χ3v) is 10.6. The number of nitrogens with zero attached hydrogens (tertiary/aromatic N) is 3. The minimum atomic E-state index is -0.364. The number of carbonyl (C=O) groups excluding carboxylic acids is 1. The number of amides is 2. The van der Waals surface area contributed by atoms with Crippen LogP contribution in [-0.4, -0.2) is 60.1 Å². The molecule has 8 heteroatoms. The third-order valence-electron chi connectivity index (χ3n) is 10.1.